The standard InChI is InChI=1S/C22H21FN2O4S2/c1-16-5-9-21(10-6-16)31(28,29)25-12-11-17-7-8-20(13-18(17)15-25)24-30(26,27)22-4-2-3-19(23)14-22/h2-10,13-14,24H,11-12,15H2,1H3. The highest BCUT2D eigenvalue weighted by Crippen LogP contribution is 2.28. The molecule has 1 aliphatic rings. The zero-order chi connectivity index (χ0) is 22.2. The van der Waals surface area contributed by atoms with Gasteiger partial charge in [0.2, 0.25) is 10.0 Å². The first-order chi connectivity index (χ1) is 14.6. The second-order valence-corrected chi connectivity index (χ2v) is 11.1. The van der Waals surface area contributed by atoms with Gasteiger partial charge >= 0.3 is 0 Å². The molecule has 0 amide bonds. The summed E-state index contributed by atoms with van der Waals surface area (Å²) < 4.78 is 68.4. The molecule has 1 heterocycles. The minimum absolute atomic E-state index is 0.140. The number of fused-ring (bicyclic) bond motifs is 1. The van der Waals surface area contributed by atoms with Gasteiger partial charge in [-0.2, -0.15) is 4.31 Å². The molecule has 0 bridgehead atoms. The van der Waals surface area contributed by atoms with Crippen LogP contribution in [0.1, 0.15) is 16.7 Å². The number of hydrogen-bond acceptors (Lipinski definition) is 4. The fourth-order valence-corrected chi connectivity index (χ4v) is 6.01. The number of nitrogens with one attached hydrogen (secondary N) is 1. The normalized spacial score (nSPS) is 14.8. The number of sulfonamides is 2. The van der Waals surface area contributed by atoms with Gasteiger partial charge in [0.05, 0.1) is 9.79 Å². The Morgan fingerprint density at radius 1 is 0.871 bits per heavy atom. The van der Waals surface area contributed by atoms with Crippen LogP contribution in [0, 0.1) is 12.7 Å². The van der Waals surface area contributed by atoms with E-state index in [2.05, 4.69) is 4.72 Å². The van der Waals surface area contributed by atoms with Gasteiger partial charge in [-0.05, 0) is 66.9 Å². The topological polar surface area (TPSA) is 83.6 Å². The Bertz CT molecular complexity index is 1340. The van der Waals surface area contributed by atoms with E-state index in [0.717, 1.165) is 22.8 Å². The molecule has 0 aromatic heterocycles. The first-order valence-corrected chi connectivity index (χ1v) is 12.5. The zero-order valence-electron chi connectivity index (χ0n) is 16.7. The molecule has 0 saturated carbocycles. The third-order valence-corrected chi connectivity index (χ3v) is 8.44. The van der Waals surface area contributed by atoms with Crippen LogP contribution in [0.4, 0.5) is 10.1 Å². The van der Waals surface area contributed by atoms with Gasteiger partial charge in [-0.15, -0.1) is 0 Å². The van der Waals surface area contributed by atoms with Crippen molar-refractivity contribution < 1.29 is 21.2 Å². The minimum atomic E-state index is -3.97. The minimum Gasteiger partial charge on any atom is -0.280 e. The Hall–Kier alpha value is -2.75. The molecule has 162 valence electrons. The zero-order valence-corrected chi connectivity index (χ0v) is 18.4. The molecule has 0 unspecified atom stereocenters. The summed E-state index contributed by atoms with van der Waals surface area (Å²) >= 11 is 0. The lowest BCUT2D eigenvalue weighted by Crippen LogP contribution is -2.36. The molecule has 0 saturated heterocycles. The molecular weight excluding hydrogens is 439 g/mol. The fraction of sp³-hybridized carbons (Fsp3) is 0.182. The maximum atomic E-state index is 13.4. The Morgan fingerprint density at radius 3 is 2.32 bits per heavy atom. The van der Waals surface area contributed by atoms with E-state index in [9.17, 15) is 21.2 Å². The van der Waals surface area contributed by atoms with Crippen molar-refractivity contribution in [1.82, 2.24) is 4.31 Å². The maximum Gasteiger partial charge on any atom is 0.261 e. The van der Waals surface area contributed by atoms with Crippen LogP contribution in [0.25, 0.3) is 0 Å². The summed E-state index contributed by atoms with van der Waals surface area (Å²) in [5, 5.41) is 0. The van der Waals surface area contributed by atoms with Crippen molar-refractivity contribution in [2.75, 3.05) is 11.3 Å². The average Bonchev–Trinajstić information content (AvgIpc) is 2.73. The first kappa shape index (κ1) is 21.5. The Balaban J connectivity index is 1.59. The van der Waals surface area contributed by atoms with Crippen molar-refractivity contribution in [3.63, 3.8) is 0 Å². The molecule has 6 nitrogen and oxygen atoms in total. The average molecular weight is 461 g/mol. The van der Waals surface area contributed by atoms with E-state index in [1.54, 1.807) is 42.5 Å². The smallest absolute Gasteiger partial charge is 0.261 e. The van der Waals surface area contributed by atoms with Crippen LogP contribution in [0.3, 0.4) is 0 Å². The second-order valence-electron chi connectivity index (χ2n) is 7.45. The summed E-state index contributed by atoms with van der Waals surface area (Å²) in [6.45, 7) is 2.37. The summed E-state index contributed by atoms with van der Waals surface area (Å²) in [5.74, 6) is -0.648. The van der Waals surface area contributed by atoms with Crippen molar-refractivity contribution in [1.29, 1.82) is 0 Å². The van der Waals surface area contributed by atoms with Gasteiger partial charge < -0.3 is 0 Å². The predicted octanol–water partition coefficient (Wildman–Crippen LogP) is 3.68. The van der Waals surface area contributed by atoms with Crippen LogP contribution in [-0.2, 0) is 33.0 Å². The van der Waals surface area contributed by atoms with Gasteiger partial charge in [0.15, 0.2) is 0 Å². The number of aryl methyl sites for hydroxylation is 1. The molecular formula is C22H21FN2O4S2. The van der Waals surface area contributed by atoms with Crippen LogP contribution in [-0.4, -0.2) is 27.7 Å². The second kappa shape index (κ2) is 8.07. The molecule has 0 atom stereocenters. The summed E-state index contributed by atoms with van der Waals surface area (Å²) in [7, 11) is -7.64. The van der Waals surface area contributed by atoms with Crippen LogP contribution >= 0.6 is 0 Å². The highest BCUT2D eigenvalue weighted by Gasteiger charge is 2.28. The number of anilines is 1. The molecule has 4 rings (SSSR count). The third kappa shape index (κ3) is 4.48. The highest BCUT2D eigenvalue weighted by atomic mass is 32.2. The SMILES string of the molecule is Cc1ccc(S(=O)(=O)N2CCc3ccc(NS(=O)(=O)c4cccc(F)c4)cc3C2)cc1. The Labute approximate surface area is 181 Å². The molecule has 9 heteroatoms. The van der Waals surface area contributed by atoms with E-state index >= 15 is 0 Å². The maximum absolute atomic E-state index is 13.4. The van der Waals surface area contributed by atoms with Gasteiger partial charge in [-0.3, -0.25) is 4.72 Å². The van der Waals surface area contributed by atoms with Crippen LogP contribution in [0.5, 0.6) is 0 Å². The van der Waals surface area contributed by atoms with Gasteiger partial charge in [0.25, 0.3) is 10.0 Å². The molecule has 1 N–H and O–H groups in total. The van der Waals surface area contributed by atoms with Crippen molar-refractivity contribution in [3.05, 3.63) is 89.2 Å². The summed E-state index contributed by atoms with van der Waals surface area (Å²) in [4.78, 5) is 0.0401. The van der Waals surface area contributed by atoms with Crippen molar-refractivity contribution >= 4 is 25.7 Å². The van der Waals surface area contributed by atoms with E-state index in [0.29, 0.717) is 13.0 Å². The summed E-state index contributed by atoms with van der Waals surface area (Å²) in [5.41, 5.74) is 2.95. The predicted molar refractivity (Wildman–Crippen MR) is 116 cm³/mol. The van der Waals surface area contributed by atoms with Crippen molar-refractivity contribution in [3.8, 4) is 0 Å². The lowest BCUT2D eigenvalue weighted by molar-refractivity contribution is 0.391. The number of rotatable bonds is 5. The first-order valence-electron chi connectivity index (χ1n) is 9.62. The number of benzene rings is 3. The Morgan fingerprint density at radius 2 is 1.61 bits per heavy atom. The Kier molecular flexibility index (Phi) is 5.59. The van der Waals surface area contributed by atoms with E-state index in [1.807, 2.05) is 6.92 Å². The third-order valence-electron chi connectivity index (χ3n) is 5.20. The number of hydrogen-bond donors (Lipinski definition) is 1. The van der Waals surface area contributed by atoms with Crippen LogP contribution < -0.4 is 4.72 Å². The largest absolute Gasteiger partial charge is 0.280 e. The van der Waals surface area contributed by atoms with Crippen molar-refractivity contribution in [2.24, 2.45) is 0 Å². The molecule has 0 fully saturated rings. The molecule has 0 radical (unpaired) electrons. The molecule has 0 spiro atoms. The van der Waals surface area contributed by atoms with E-state index < -0.39 is 25.9 Å². The van der Waals surface area contributed by atoms with Crippen molar-refractivity contribution in [2.45, 2.75) is 29.7 Å². The summed E-state index contributed by atoms with van der Waals surface area (Å²) in [6, 6.07) is 16.5. The molecule has 0 aliphatic carbocycles. The van der Waals surface area contributed by atoms with E-state index in [4.69, 9.17) is 0 Å². The van der Waals surface area contributed by atoms with Gasteiger partial charge in [0, 0.05) is 18.8 Å². The van der Waals surface area contributed by atoms with E-state index in [1.165, 1.54) is 22.5 Å². The lowest BCUT2D eigenvalue weighted by Gasteiger charge is -2.28. The highest BCUT2D eigenvalue weighted by molar-refractivity contribution is 7.92. The van der Waals surface area contributed by atoms with Gasteiger partial charge in [0.1, 0.15) is 5.82 Å². The fourth-order valence-electron chi connectivity index (χ4n) is 3.51. The van der Waals surface area contributed by atoms with Gasteiger partial charge in [-0.1, -0.05) is 29.8 Å². The van der Waals surface area contributed by atoms with Gasteiger partial charge in [-0.25, -0.2) is 21.2 Å². The number of nitrogens with zero attached hydrogens (tertiary/aromatic N) is 1. The monoisotopic (exact) mass is 460 g/mol. The van der Waals surface area contributed by atoms with Crippen LogP contribution in [0.15, 0.2) is 76.5 Å². The molecule has 1 aliphatic heterocycles. The molecule has 31 heavy (non-hydrogen) atoms. The molecule has 3 aromatic carbocycles. The van der Waals surface area contributed by atoms with E-state index in [-0.39, 0.29) is 22.0 Å². The lowest BCUT2D eigenvalue weighted by atomic mass is 10.0. The molecule has 3 aromatic rings. The number of halogens is 1. The van der Waals surface area contributed by atoms with Crippen LogP contribution in [0.2, 0.25) is 0 Å². The summed E-state index contributed by atoms with van der Waals surface area (Å²) in [6.07, 6.45) is 0.525. The quantitative estimate of drug-likeness (QED) is 0.630.